The third-order valence-electron chi connectivity index (χ3n) is 4.57. The van der Waals surface area contributed by atoms with E-state index >= 15 is 0 Å². The Labute approximate surface area is 151 Å². The van der Waals surface area contributed by atoms with Crippen LogP contribution in [-0.4, -0.2) is 36.5 Å². The van der Waals surface area contributed by atoms with Gasteiger partial charge in [-0.25, -0.2) is 0 Å². The van der Waals surface area contributed by atoms with Crippen LogP contribution in [0.25, 0.3) is 0 Å². The molecule has 1 aliphatic heterocycles. The number of nitrogens with zero attached hydrogens (tertiary/aromatic N) is 2. The fraction of sp³-hybridized carbons (Fsp3) is 0.316. The fourth-order valence-corrected chi connectivity index (χ4v) is 3.12. The lowest BCUT2D eigenvalue weighted by molar-refractivity contribution is -0.384. The van der Waals surface area contributed by atoms with Crippen molar-refractivity contribution in [2.24, 2.45) is 0 Å². The predicted molar refractivity (Wildman–Crippen MR) is 95.5 cm³/mol. The molecule has 1 amide bonds. The maximum Gasteiger partial charge on any atom is 0.269 e. The summed E-state index contributed by atoms with van der Waals surface area (Å²) in [5.74, 6) is 1.34. The van der Waals surface area contributed by atoms with Crippen molar-refractivity contribution in [2.45, 2.75) is 19.4 Å². The topological polar surface area (TPSA) is 81.9 Å². The van der Waals surface area contributed by atoms with Gasteiger partial charge in [0.1, 0.15) is 0 Å². The van der Waals surface area contributed by atoms with Crippen molar-refractivity contribution in [2.75, 3.05) is 20.8 Å². The number of benzene rings is 2. The molecule has 2 aromatic carbocycles. The number of amides is 1. The van der Waals surface area contributed by atoms with Crippen molar-refractivity contribution in [3.05, 3.63) is 63.2 Å². The van der Waals surface area contributed by atoms with E-state index in [1.807, 2.05) is 12.1 Å². The molecule has 0 saturated carbocycles. The summed E-state index contributed by atoms with van der Waals surface area (Å²) in [6.45, 7) is 1.15. The van der Waals surface area contributed by atoms with E-state index in [1.54, 1.807) is 31.3 Å². The zero-order valence-electron chi connectivity index (χ0n) is 14.7. The molecule has 0 aromatic heterocycles. The molecule has 0 spiro atoms. The van der Waals surface area contributed by atoms with Crippen molar-refractivity contribution in [3.63, 3.8) is 0 Å². The lowest BCUT2D eigenvalue weighted by atomic mass is 9.98. The normalized spacial score (nSPS) is 13.1. The Bertz CT molecular complexity index is 833. The van der Waals surface area contributed by atoms with Crippen molar-refractivity contribution < 1.29 is 19.2 Å². The standard InChI is InChI=1S/C19H20N2O5/c1-25-17-10-14-7-8-20(12-15(14)11-18(17)26-2)19(22)9-13-3-5-16(6-4-13)21(23)24/h3-6,10-11H,7-9,12H2,1-2H3. The van der Waals surface area contributed by atoms with Gasteiger partial charge in [-0.3, -0.25) is 14.9 Å². The first-order valence-electron chi connectivity index (χ1n) is 8.26. The van der Waals surface area contributed by atoms with Crippen LogP contribution in [0.2, 0.25) is 0 Å². The largest absolute Gasteiger partial charge is 0.493 e. The number of ether oxygens (including phenoxy) is 2. The average molecular weight is 356 g/mol. The number of carbonyl (C=O) groups is 1. The summed E-state index contributed by atoms with van der Waals surface area (Å²) in [6.07, 6.45) is 0.975. The van der Waals surface area contributed by atoms with E-state index in [2.05, 4.69) is 0 Å². The minimum absolute atomic E-state index is 0.000659. The van der Waals surface area contributed by atoms with Crippen LogP contribution in [0.1, 0.15) is 16.7 Å². The lowest BCUT2D eigenvalue weighted by Gasteiger charge is -2.29. The van der Waals surface area contributed by atoms with Gasteiger partial charge in [0.15, 0.2) is 11.5 Å². The molecule has 0 atom stereocenters. The molecule has 0 saturated heterocycles. The van der Waals surface area contributed by atoms with Gasteiger partial charge in [-0.2, -0.15) is 0 Å². The second-order valence-corrected chi connectivity index (χ2v) is 6.14. The van der Waals surface area contributed by atoms with E-state index in [0.29, 0.717) is 24.6 Å². The van der Waals surface area contributed by atoms with E-state index in [4.69, 9.17) is 9.47 Å². The van der Waals surface area contributed by atoms with Gasteiger partial charge in [0.05, 0.1) is 25.6 Å². The minimum Gasteiger partial charge on any atom is -0.493 e. The van der Waals surface area contributed by atoms with Crippen molar-refractivity contribution in [1.82, 2.24) is 4.90 Å². The quantitative estimate of drug-likeness (QED) is 0.608. The van der Waals surface area contributed by atoms with E-state index in [0.717, 1.165) is 23.1 Å². The van der Waals surface area contributed by atoms with Gasteiger partial charge in [-0.1, -0.05) is 12.1 Å². The molecule has 2 aromatic rings. The van der Waals surface area contributed by atoms with E-state index in [9.17, 15) is 14.9 Å². The Hall–Kier alpha value is -3.09. The Kier molecular flexibility index (Phi) is 5.06. The molecule has 7 nitrogen and oxygen atoms in total. The van der Waals surface area contributed by atoms with Crippen LogP contribution in [0.3, 0.4) is 0 Å². The van der Waals surface area contributed by atoms with Gasteiger partial charge >= 0.3 is 0 Å². The van der Waals surface area contributed by atoms with Gasteiger partial charge in [0.2, 0.25) is 5.91 Å². The molecule has 0 aliphatic carbocycles. The number of nitro benzene ring substituents is 1. The van der Waals surface area contributed by atoms with E-state index in [-0.39, 0.29) is 18.0 Å². The fourth-order valence-electron chi connectivity index (χ4n) is 3.12. The minimum atomic E-state index is -0.450. The highest BCUT2D eigenvalue weighted by Crippen LogP contribution is 2.33. The van der Waals surface area contributed by atoms with Gasteiger partial charge in [-0.05, 0) is 35.2 Å². The highest BCUT2D eigenvalue weighted by atomic mass is 16.6. The smallest absolute Gasteiger partial charge is 0.269 e. The Balaban J connectivity index is 1.71. The summed E-state index contributed by atoms with van der Waals surface area (Å²) < 4.78 is 10.7. The molecule has 136 valence electrons. The SMILES string of the molecule is COc1cc2c(cc1OC)CN(C(=O)Cc1ccc([N+](=O)[O-])cc1)CC2. The van der Waals surface area contributed by atoms with Crippen molar-refractivity contribution >= 4 is 11.6 Å². The summed E-state index contributed by atoms with van der Waals surface area (Å²) in [5.41, 5.74) is 2.99. The van der Waals surface area contributed by atoms with Crippen LogP contribution in [0, 0.1) is 10.1 Å². The van der Waals surface area contributed by atoms with Crippen LogP contribution in [0.15, 0.2) is 36.4 Å². The van der Waals surface area contributed by atoms with Crippen LogP contribution in [0.5, 0.6) is 11.5 Å². The second-order valence-electron chi connectivity index (χ2n) is 6.14. The maximum atomic E-state index is 12.6. The molecular weight excluding hydrogens is 336 g/mol. The van der Waals surface area contributed by atoms with Crippen molar-refractivity contribution in [3.8, 4) is 11.5 Å². The number of rotatable bonds is 5. The molecule has 0 radical (unpaired) electrons. The number of hydrogen-bond donors (Lipinski definition) is 0. The Morgan fingerprint density at radius 1 is 1.12 bits per heavy atom. The molecule has 0 unspecified atom stereocenters. The summed E-state index contributed by atoms with van der Waals surface area (Å²) in [5, 5.41) is 10.7. The molecule has 7 heteroatoms. The molecule has 0 fully saturated rings. The van der Waals surface area contributed by atoms with Gasteiger partial charge in [0.25, 0.3) is 5.69 Å². The molecular formula is C19H20N2O5. The number of carbonyl (C=O) groups excluding carboxylic acids is 1. The molecule has 3 rings (SSSR count). The molecule has 0 N–H and O–H groups in total. The summed E-state index contributed by atoms with van der Waals surface area (Å²) in [6, 6.07) is 9.98. The number of methoxy groups -OCH3 is 2. The number of nitro groups is 1. The van der Waals surface area contributed by atoms with E-state index < -0.39 is 4.92 Å². The molecule has 1 heterocycles. The zero-order chi connectivity index (χ0) is 18.7. The number of fused-ring (bicyclic) bond motifs is 1. The van der Waals surface area contributed by atoms with Gasteiger partial charge < -0.3 is 14.4 Å². The first-order valence-corrected chi connectivity index (χ1v) is 8.26. The monoisotopic (exact) mass is 356 g/mol. The Morgan fingerprint density at radius 3 is 2.31 bits per heavy atom. The summed E-state index contributed by atoms with van der Waals surface area (Å²) >= 11 is 0. The third-order valence-corrected chi connectivity index (χ3v) is 4.57. The van der Waals surface area contributed by atoms with Gasteiger partial charge in [0, 0.05) is 25.2 Å². The summed E-state index contributed by atoms with van der Waals surface area (Å²) in [7, 11) is 3.19. The van der Waals surface area contributed by atoms with Crippen molar-refractivity contribution in [1.29, 1.82) is 0 Å². The number of hydrogen-bond acceptors (Lipinski definition) is 5. The van der Waals surface area contributed by atoms with Crippen LogP contribution in [-0.2, 0) is 24.2 Å². The Morgan fingerprint density at radius 2 is 1.73 bits per heavy atom. The molecule has 26 heavy (non-hydrogen) atoms. The highest BCUT2D eigenvalue weighted by Gasteiger charge is 2.23. The summed E-state index contributed by atoms with van der Waals surface area (Å²) in [4.78, 5) is 24.7. The van der Waals surface area contributed by atoms with Crippen LogP contribution < -0.4 is 9.47 Å². The zero-order valence-corrected chi connectivity index (χ0v) is 14.7. The van der Waals surface area contributed by atoms with Crippen LogP contribution >= 0.6 is 0 Å². The lowest BCUT2D eigenvalue weighted by Crippen LogP contribution is -2.36. The van der Waals surface area contributed by atoms with Gasteiger partial charge in [-0.15, -0.1) is 0 Å². The third kappa shape index (κ3) is 3.61. The predicted octanol–water partition coefficient (Wildman–Crippen LogP) is 2.74. The second kappa shape index (κ2) is 7.43. The van der Waals surface area contributed by atoms with E-state index in [1.165, 1.54) is 12.1 Å². The first kappa shape index (κ1) is 17.7. The molecule has 0 bridgehead atoms. The highest BCUT2D eigenvalue weighted by molar-refractivity contribution is 5.79. The first-order chi connectivity index (χ1) is 12.5. The maximum absolute atomic E-state index is 12.6. The average Bonchev–Trinajstić information content (AvgIpc) is 2.66. The van der Waals surface area contributed by atoms with Crippen LogP contribution in [0.4, 0.5) is 5.69 Å². The molecule has 1 aliphatic rings. The number of non-ortho nitro benzene ring substituents is 1.